The molecule has 12 heteroatoms. The largest absolute Gasteiger partial charge is 0.504 e. The smallest absolute Gasteiger partial charge is 0.258 e. The standard InChI is InChI=1S/C33H30BrCl2FN2O6/c1-45-24-14-16(34)13-22(27(24)40)26-20-11-12-21-25(29(42)38(28(21)41)18-5-3-2-4-6-18)23(20)15-32(35)30(43)39(31(44)33(26,32)36)19-9-7-17(37)8-10-19/h7-11,13-14,18,21,23,25-26,40H,2-6,12,15H2,1H3. The highest BCUT2D eigenvalue weighted by Crippen LogP contribution is 2.67. The first kappa shape index (κ1) is 30.7. The van der Waals surface area contributed by atoms with Crippen molar-refractivity contribution in [2.24, 2.45) is 17.8 Å². The van der Waals surface area contributed by atoms with Crippen molar-refractivity contribution in [3.05, 3.63) is 63.9 Å². The molecule has 6 atom stereocenters. The highest BCUT2D eigenvalue weighted by Gasteiger charge is 2.77. The number of carbonyl (C=O) groups is 4. The molecule has 1 N–H and O–H groups in total. The van der Waals surface area contributed by atoms with Crippen LogP contribution in [0.25, 0.3) is 0 Å². The molecule has 236 valence electrons. The van der Waals surface area contributed by atoms with Crippen LogP contribution in [-0.4, -0.2) is 56.5 Å². The lowest BCUT2D eigenvalue weighted by molar-refractivity contribution is -0.143. The number of rotatable bonds is 4. The zero-order valence-electron chi connectivity index (χ0n) is 24.3. The predicted octanol–water partition coefficient (Wildman–Crippen LogP) is 6.20. The van der Waals surface area contributed by atoms with E-state index >= 15 is 0 Å². The Morgan fingerprint density at radius 1 is 0.978 bits per heavy atom. The molecule has 2 heterocycles. The molecule has 2 saturated heterocycles. The molecule has 2 aromatic carbocycles. The van der Waals surface area contributed by atoms with Crippen LogP contribution in [-0.2, 0) is 19.2 Å². The molecule has 7 rings (SSSR count). The number of methoxy groups -OCH3 is 1. The van der Waals surface area contributed by atoms with Gasteiger partial charge in [0.25, 0.3) is 11.8 Å². The summed E-state index contributed by atoms with van der Waals surface area (Å²) >= 11 is 18.2. The Hall–Kier alpha value is -2.95. The van der Waals surface area contributed by atoms with Gasteiger partial charge in [-0.2, -0.15) is 0 Å². The van der Waals surface area contributed by atoms with Crippen molar-refractivity contribution in [2.45, 2.75) is 66.7 Å². The van der Waals surface area contributed by atoms with Crippen molar-refractivity contribution < 1.29 is 33.4 Å². The van der Waals surface area contributed by atoms with Crippen molar-refractivity contribution in [2.75, 3.05) is 12.0 Å². The summed E-state index contributed by atoms with van der Waals surface area (Å²) < 4.78 is 19.8. The summed E-state index contributed by atoms with van der Waals surface area (Å²) in [5.74, 6) is -6.28. The summed E-state index contributed by atoms with van der Waals surface area (Å²) in [5, 5.41) is 11.5. The van der Waals surface area contributed by atoms with E-state index in [0.29, 0.717) is 10.0 Å². The second kappa shape index (κ2) is 10.8. The summed E-state index contributed by atoms with van der Waals surface area (Å²) in [6.45, 7) is 0. The Balaban J connectivity index is 1.41. The van der Waals surface area contributed by atoms with E-state index < -0.39 is 51.1 Å². The number of benzene rings is 2. The number of fused-ring (bicyclic) bond motifs is 4. The molecular formula is C33H30BrCl2FN2O6. The zero-order valence-corrected chi connectivity index (χ0v) is 27.4. The Morgan fingerprint density at radius 2 is 1.67 bits per heavy atom. The van der Waals surface area contributed by atoms with Crippen molar-refractivity contribution in [3.63, 3.8) is 0 Å². The number of anilines is 1. The molecule has 4 fully saturated rings. The van der Waals surface area contributed by atoms with Gasteiger partial charge in [-0.15, -0.1) is 23.2 Å². The molecule has 2 aliphatic heterocycles. The maximum Gasteiger partial charge on any atom is 0.258 e. The number of likely N-dealkylation sites (tertiary alicyclic amines) is 1. The molecule has 2 saturated carbocycles. The fourth-order valence-corrected chi connectivity index (χ4v) is 9.82. The number of halogens is 4. The first-order chi connectivity index (χ1) is 21.4. The highest BCUT2D eigenvalue weighted by atomic mass is 79.9. The number of hydrogen-bond acceptors (Lipinski definition) is 6. The number of nitrogens with zero attached hydrogens (tertiary/aromatic N) is 2. The third-order valence-electron chi connectivity index (χ3n) is 10.5. The van der Waals surface area contributed by atoms with E-state index in [0.717, 1.165) is 49.1 Å². The normalized spacial score (nSPS) is 33.2. The predicted molar refractivity (Wildman–Crippen MR) is 168 cm³/mol. The summed E-state index contributed by atoms with van der Waals surface area (Å²) in [4.78, 5) is 54.9. The van der Waals surface area contributed by atoms with Crippen LogP contribution in [0.3, 0.4) is 0 Å². The number of amides is 4. The number of hydrogen-bond donors (Lipinski definition) is 1. The Labute approximate surface area is 277 Å². The number of imide groups is 2. The third-order valence-corrected chi connectivity index (χ3v) is 12.3. The lowest BCUT2D eigenvalue weighted by atomic mass is 9.56. The minimum atomic E-state index is -2.16. The second-order valence-corrected chi connectivity index (χ2v) is 14.8. The van der Waals surface area contributed by atoms with E-state index in [9.17, 15) is 28.7 Å². The highest BCUT2D eigenvalue weighted by molar-refractivity contribution is 9.10. The van der Waals surface area contributed by atoms with Crippen LogP contribution in [0.4, 0.5) is 10.1 Å². The van der Waals surface area contributed by atoms with E-state index in [1.165, 1.54) is 24.1 Å². The van der Waals surface area contributed by atoms with Gasteiger partial charge in [-0.25, -0.2) is 9.29 Å². The molecule has 0 spiro atoms. The van der Waals surface area contributed by atoms with Gasteiger partial charge in [0.05, 0.1) is 24.6 Å². The minimum Gasteiger partial charge on any atom is -0.504 e. The van der Waals surface area contributed by atoms with E-state index in [1.807, 2.05) is 6.08 Å². The van der Waals surface area contributed by atoms with Gasteiger partial charge in [-0.05, 0) is 68.0 Å². The lowest BCUT2D eigenvalue weighted by Gasteiger charge is -2.50. The van der Waals surface area contributed by atoms with Crippen LogP contribution in [0.1, 0.15) is 56.4 Å². The summed E-state index contributed by atoms with van der Waals surface area (Å²) in [6, 6.07) is 7.80. The number of allylic oxidation sites excluding steroid dienone is 2. The van der Waals surface area contributed by atoms with E-state index in [1.54, 1.807) is 12.1 Å². The van der Waals surface area contributed by atoms with Gasteiger partial charge in [0.2, 0.25) is 11.8 Å². The molecular weight excluding hydrogens is 690 g/mol. The SMILES string of the molecule is COc1cc(Br)cc(C2C3=CCC4C(=O)N(C5CCCCC5)C(=O)C4C3CC3(Cl)C(=O)N(c4ccc(F)cc4)C(=O)C23Cl)c1O. The molecule has 4 amide bonds. The van der Waals surface area contributed by atoms with Crippen LogP contribution in [0.15, 0.2) is 52.5 Å². The quantitative estimate of drug-likeness (QED) is 0.230. The summed E-state index contributed by atoms with van der Waals surface area (Å²) in [5.41, 5.74) is 0.825. The van der Waals surface area contributed by atoms with Gasteiger partial charge >= 0.3 is 0 Å². The maximum absolute atomic E-state index is 14.5. The summed E-state index contributed by atoms with van der Waals surface area (Å²) in [7, 11) is 1.38. The molecule has 45 heavy (non-hydrogen) atoms. The van der Waals surface area contributed by atoms with Crippen molar-refractivity contribution in [3.8, 4) is 11.5 Å². The number of phenols is 1. The van der Waals surface area contributed by atoms with Crippen LogP contribution in [0, 0.1) is 23.6 Å². The van der Waals surface area contributed by atoms with Gasteiger partial charge in [-0.3, -0.25) is 24.1 Å². The van der Waals surface area contributed by atoms with E-state index in [-0.39, 0.29) is 53.4 Å². The monoisotopic (exact) mass is 718 g/mol. The van der Waals surface area contributed by atoms with Crippen LogP contribution >= 0.6 is 39.1 Å². The topological polar surface area (TPSA) is 104 Å². The van der Waals surface area contributed by atoms with Gasteiger partial charge in [-0.1, -0.05) is 46.8 Å². The molecule has 0 radical (unpaired) electrons. The molecule has 0 bridgehead atoms. The van der Waals surface area contributed by atoms with Crippen LogP contribution in [0.2, 0.25) is 0 Å². The van der Waals surface area contributed by atoms with Crippen LogP contribution in [0.5, 0.6) is 11.5 Å². The third kappa shape index (κ3) is 4.20. The molecule has 5 aliphatic rings. The van der Waals surface area contributed by atoms with Gasteiger partial charge in [0, 0.05) is 22.0 Å². The summed E-state index contributed by atoms with van der Waals surface area (Å²) in [6.07, 6.45) is 6.31. The molecule has 8 nitrogen and oxygen atoms in total. The van der Waals surface area contributed by atoms with Crippen molar-refractivity contribution in [1.82, 2.24) is 4.90 Å². The minimum absolute atomic E-state index is 0.0843. The molecule has 3 aliphatic carbocycles. The number of aromatic hydroxyl groups is 1. The van der Waals surface area contributed by atoms with Crippen LogP contribution < -0.4 is 9.64 Å². The van der Waals surface area contributed by atoms with Gasteiger partial charge in [0.1, 0.15) is 5.82 Å². The average molecular weight is 720 g/mol. The van der Waals surface area contributed by atoms with Crippen molar-refractivity contribution >= 4 is 68.4 Å². The fourth-order valence-electron chi connectivity index (χ4n) is 8.44. The number of phenolic OH excluding ortho intramolecular Hbond substituents is 1. The number of ether oxygens (including phenoxy) is 1. The average Bonchev–Trinajstić information content (AvgIpc) is 3.37. The second-order valence-electron chi connectivity index (χ2n) is 12.6. The Morgan fingerprint density at radius 3 is 2.33 bits per heavy atom. The molecule has 0 aromatic heterocycles. The number of carbonyl (C=O) groups excluding carboxylic acids is 4. The maximum atomic E-state index is 14.5. The van der Waals surface area contributed by atoms with Crippen molar-refractivity contribution in [1.29, 1.82) is 0 Å². The Bertz CT molecular complexity index is 1680. The Kier molecular flexibility index (Phi) is 7.37. The van der Waals surface area contributed by atoms with E-state index in [2.05, 4.69) is 15.9 Å². The number of alkyl halides is 2. The zero-order chi connectivity index (χ0) is 32.0. The van der Waals surface area contributed by atoms with Gasteiger partial charge < -0.3 is 9.84 Å². The van der Waals surface area contributed by atoms with Gasteiger partial charge in [0.15, 0.2) is 21.2 Å². The van der Waals surface area contributed by atoms with E-state index in [4.69, 9.17) is 27.9 Å². The molecule has 2 aromatic rings. The first-order valence-corrected chi connectivity index (χ1v) is 16.6. The fraction of sp³-hybridized carbons (Fsp3) is 0.455. The molecule has 6 unspecified atom stereocenters. The lowest BCUT2D eigenvalue weighted by Crippen LogP contribution is -2.60. The first-order valence-electron chi connectivity index (χ1n) is 15.1.